The molecule has 0 aromatic heterocycles. The lowest BCUT2D eigenvalue weighted by Crippen LogP contribution is -2.51. The first kappa shape index (κ1) is 23.1. The summed E-state index contributed by atoms with van der Waals surface area (Å²) in [6.45, 7) is 2.85. The summed E-state index contributed by atoms with van der Waals surface area (Å²) in [5.74, 6) is 0.167. The lowest BCUT2D eigenvalue weighted by molar-refractivity contribution is -0.138. The molecule has 10 heteroatoms. The zero-order valence-electron chi connectivity index (χ0n) is 18.0. The summed E-state index contributed by atoms with van der Waals surface area (Å²) in [5.41, 5.74) is 8.30. The van der Waals surface area contributed by atoms with Crippen LogP contribution in [0.25, 0.3) is 0 Å². The van der Waals surface area contributed by atoms with Crippen molar-refractivity contribution in [2.45, 2.75) is 38.1 Å². The van der Waals surface area contributed by atoms with Gasteiger partial charge in [-0.05, 0) is 42.7 Å². The molecule has 0 radical (unpaired) electrons. The highest BCUT2D eigenvalue weighted by molar-refractivity contribution is 6.42. The number of nitrogens with zero attached hydrogens (tertiary/aromatic N) is 2. The molecule has 0 aliphatic carbocycles. The minimum absolute atomic E-state index is 0.0474. The van der Waals surface area contributed by atoms with Gasteiger partial charge in [0.05, 0.1) is 27.7 Å². The number of guanidine groups is 1. The number of amides is 3. The van der Waals surface area contributed by atoms with Crippen LogP contribution in [0.4, 0.5) is 11.4 Å². The van der Waals surface area contributed by atoms with Crippen molar-refractivity contribution in [3.05, 3.63) is 57.6 Å². The van der Waals surface area contributed by atoms with Crippen molar-refractivity contribution in [1.82, 2.24) is 15.5 Å². The summed E-state index contributed by atoms with van der Waals surface area (Å²) < 4.78 is 0. The molecule has 3 aliphatic heterocycles. The number of nitrogen functional groups attached to an aromatic ring is 1. The van der Waals surface area contributed by atoms with Gasteiger partial charge in [0, 0.05) is 17.7 Å². The van der Waals surface area contributed by atoms with Crippen molar-refractivity contribution in [2.24, 2.45) is 4.99 Å². The van der Waals surface area contributed by atoms with E-state index in [1.54, 1.807) is 24.3 Å². The Morgan fingerprint density at radius 2 is 1.76 bits per heavy atom. The molecule has 2 aromatic rings. The second-order valence-corrected chi connectivity index (χ2v) is 8.92. The molecular formula is C23H23Cl2N5O3. The maximum Gasteiger partial charge on any atom is 0.246 e. The third-order valence-electron chi connectivity index (χ3n) is 6.17. The monoisotopic (exact) mass is 487 g/mol. The molecule has 0 saturated carbocycles. The second-order valence-electron chi connectivity index (χ2n) is 8.13. The fourth-order valence-electron chi connectivity index (χ4n) is 4.23. The van der Waals surface area contributed by atoms with Gasteiger partial charge in [0.25, 0.3) is 0 Å². The summed E-state index contributed by atoms with van der Waals surface area (Å²) in [5, 5.41) is 6.14. The smallest absolute Gasteiger partial charge is 0.246 e. The zero-order chi connectivity index (χ0) is 23.8. The van der Waals surface area contributed by atoms with E-state index in [4.69, 9.17) is 28.9 Å². The lowest BCUT2D eigenvalue weighted by Gasteiger charge is -2.34. The highest BCUT2D eigenvalue weighted by Gasteiger charge is 2.42. The van der Waals surface area contributed by atoms with Crippen molar-refractivity contribution in [3.63, 3.8) is 0 Å². The number of benzene rings is 2. The van der Waals surface area contributed by atoms with Crippen LogP contribution < -0.4 is 16.4 Å². The van der Waals surface area contributed by atoms with Gasteiger partial charge in [-0.15, -0.1) is 0 Å². The SMILES string of the molecule is CCC1(c2ccc(N)cc2)CCC(=O)NC1=O.O=C1CN2Cc3c(ccc(Cl)c3Cl)N=C2N1. The molecule has 33 heavy (non-hydrogen) atoms. The van der Waals surface area contributed by atoms with Crippen LogP contribution in [0, 0.1) is 0 Å². The van der Waals surface area contributed by atoms with Crippen LogP contribution >= 0.6 is 23.2 Å². The number of fused-ring (bicyclic) bond motifs is 2. The summed E-state index contributed by atoms with van der Waals surface area (Å²) in [4.78, 5) is 40.7. The van der Waals surface area contributed by atoms with E-state index in [9.17, 15) is 14.4 Å². The maximum atomic E-state index is 12.1. The Kier molecular flexibility index (Phi) is 6.32. The van der Waals surface area contributed by atoms with Gasteiger partial charge in [0.15, 0.2) is 0 Å². The average molecular weight is 488 g/mol. The number of carbonyl (C=O) groups excluding carboxylic acids is 3. The summed E-state index contributed by atoms with van der Waals surface area (Å²) in [6, 6.07) is 10.8. The molecule has 0 bridgehead atoms. The van der Waals surface area contributed by atoms with E-state index in [1.807, 2.05) is 24.0 Å². The molecule has 3 heterocycles. The van der Waals surface area contributed by atoms with Crippen LogP contribution in [-0.2, 0) is 26.3 Å². The number of aliphatic imine (C=N–C) groups is 1. The molecule has 2 saturated heterocycles. The van der Waals surface area contributed by atoms with E-state index in [0.29, 0.717) is 54.0 Å². The normalized spacial score (nSPS) is 21.2. The van der Waals surface area contributed by atoms with Gasteiger partial charge in [-0.25, -0.2) is 4.99 Å². The van der Waals surface area contributed by atoms with Gasteiger partial charge in [0.1, 0.15) is 6.54 Å². The van der Waals surface area contributed by atoms with Crippen LogP contribution in [-0.4, -0.2) is 35.1 Å². The number of imide groups is 1. The van der Waals surface area contributed by atoms with Crippen molar-refractivity contribution < 1.29 is 14.4 Å². The molecule has 0 spiro atoms. The number of piperidine rings is 1. The number of nitrogens with two attached hydrogens (primary N) is 1. The number of hydrogen-bond donors (Lipinski definition) is 3. The Morgan fingerprint density at radius 3 is 2.42 bits per heavy atom. The van der Waals surface area contributed by atoms with Crippen LogP contribution in [0.1, 0.15) is 37.3 Å². The Balaban J connectivity index is 0.000000157. The van der Waals surface area contributed by atoms with Crippen LogP contribution in [0.2, 0.25) is 10.0 Å². The van der Waals surface area contributed by atoms with Crippen LogP contribution in [0.15, 0.2) is 41.4 Å². The van der Waals surface area contributed by atoms with Gasteiger partial charge in [-0.3, -0.25) is 25.0 Å². The fourth-order valence-corrected chi connectivity index (χ4v) is 4.63. The minimum Gasteiger partial charge on any atom is -0.399 e. The lowest BCUT2D eigenvalue weighted by atomic mass is 9.72. The number of rotatable bonds is 2. The van der Waals surface area contributed by atoms with E-state index in [2.05, 4.69) is 15.6 Å². The molecule has 3 aliphatic rings. The molecule has 2 aromatic carbocycles. The molecule has 5 rings (SSSR count). The van der Waals surface area contributed by atoms with E-state index in [1.165, 1.54) is 0 Å². The molecule has 2 fully saturated rings. The third-order valence-corrected chi connectivity index (χ3v) is 7.01. The first-order chi connectivity index (χ1) is 15.7. The van der Waals surface area contributed by atoms with Gasteiger partial charge in [0.2, 0.25) is 23.7 Å². The molecule has 172 valence electrons. The summed E-state index contributed by atoms with van der Waals surface area (Å²) in [6.07, 6.45) is 1.64. The van der Waals surface area contributed by atoms with Gasteiger partial charge in [-0.1, -0.05) is 42.3 Å². The van der Waals surface area contributed by atoms with Crippen molar-refractivity contribution >= 4 is 58.3 Å². The number of halogens is 2. The Hall–Kier alpha value is -3.10. The minimum atomic E-state index is -0.582. The van der Waals surface area contributed by atoms with Crippen molar-refractivity contribution in [3.8, 4) is 0 Å². The zero-order valence-corrected chi connectivity index (χ0v) is 19.5. The molecule has 1 atom stereocenters. The molecule has 8 nitrogen and oxygen atoms in total. The summed E-state index contributed by atoms with van der Waals surface area (Å²) in [7, 11) is 0. The molecule has 3 amide bonds. The number of nitrogens with one attached hydrogen (secondary N) is 2. The van der Waals surface area contributed by atoms with Crippen LogP contribution in [0.3, 0.4) is 0 Å². The van der Waals surface area contributed by atoms with Crippen molar-refractivity contribution in [2.75, 3.05) is 12.3 Å². The Bertz CT molecular complexity index is 1170. The Morgan fingerprint density at radius 1 is 1.03 bits per heavy atom. The third kappa shape index (κ3) is 4.41. The average Bonchev–Trinajstić information content (AvgIpc) is 3.16. The Labute approximate surface area is 201 Å². The highest BCUT2D eigenvalue weighted by atomic mass is 35.5. The van der Waals surface area contributed by atoms with Gasteiger partial charge >= 0.3 is 0 Å². The largest absolute Gasteiger partial charge is 0.399 e. The number of hydrogen-bond acceptors (Lipinski definition) is 6. The van der Waals surface area contributed by atoms with Gasteiger partial charge < -0.3 is 10.6 Å². The first-order valence-electron chi connectivity index (χ1n) is 10.5. The predicted molar refractivity (Wildman–Crippen MR) is 127 cm³/mol. The fraction of sp³-hybridized carbons (Fsp3) is 0.304. The molecular weight excluding hydrogens is 465 g/mol. The molecule has 4 N–H and O–H groups in total. The van der Waals surface area contributed by atoms with E-state index < -0.39 is 5.41 Å². The standard InChI is InChI=1S/C13H16N2O2.C10H7Cl2N3O/c1-2-13(8-7-11(16)15-12(13)17)9-3-5-10(14)6-4-9;11-6-1-2-7-5(9(6)12)3-15-4-8(16)14-10(15)13-7/h3-6H,2,7-8,14H2,1H3,(H,15,16,17);1-2H,3-4H2,(H,13,14,16). The van der Waals surface area contributed by atoms with Crippen molar-refractivity contribution in [1.29, 1.82) is 0 Å². The van der Waals surface area contributed by atoms with E-state index in [0.717, 1.165) is 16.8 Å². The molecule has 1 unspecified atom stereocenters. The highest BCUT2D eigenvalue weighted by Crippen LogP contribution is 2.37. The quantitative estimate of drug-likeness (QED) is 0.443. The first-order valence-corrected chi connectivity index (χ1v) is 11.3. The van der Waals surface area contributed by atoms with Crippen LogP contribution in [0.5, 0.6) is 0 Å². The van der Waals surface area contributed by atoms with E-state index in [-0.39, 0.29) is 17.7 Å². The number of carbonyl (C=O) groups is 3. The number of anilines is 1. The van der Waals surface area contributed by atoms with E-state index >= 15 is 0 Å². The predicted octanol–water partition coefficient (Wildman–Crippen LogP) is 3.28. The maximum absolute atomic E-state index is 12.1. The summed E-state index contributed by atoms with van der Waals surface area (Å²) >= 11 is 12.0. The second kappa shape index (κ2) is 9.03. The topological polar surface area (TPSA) is 117 Å². The van der Waals surface area contributed by atoms with Gasteiger partial charge in [-0.2, -0.15) is 0 Å².